The van der Waals surface area contributed by atoms with Gasteiger partial charge in [-0.05, 0) is 70.1 Å². The molecule has 1 atom stereocenters. The van der Waals surface area contributed by atoms with E-state index in [0.29, 0.717) is 0 Å². The molecule has 0 aliphatic carbocycles. The highest BCUT2D eigenvalue weighted by molar-refractivity contribution is 8.00. The van der Waals surface area contributed by atoms with Gasteiger partial charge in [0.2, 0.25) is 5.91 Å². The van der Waals surface area contributed by atoms with Crippen LogP contribution in [-0.2, 0) is 4.79 Å². The summed E-state index contributed by atoms with van der Waals surface area (Å²) in [6.45, 7) is 6.26. The number of rotatable bonds is 8. The molecular weight excluding hydrogens is 308 g/mol. The summed E-state index contributed by atoms with van der Waals surface area (Å²) < 4.78 is 5.14. The maximum absolute atomic E-state index is 12.2. The van der Waals surface area contributed by atoms with Crippen molar-refractivity contribution in [1.29, 1.82) is 0 Å². The number of ether oxygens (including phenoxy) is 1. The molecule has 5 heteroatoms. The molecule has 1 aromatic rings. The largest absolute Gasteiger partial charge is 0.497 e. The van der Waals surface area contributed by atoms with Crippen LogP contribution in [0.4, 0.5) is 0 Å². The van der Waals surface area contributed by atoms with Crippen LogP contribution in [0.1, 0.15) is 32.6 Å². The molecule has 0 saturated carbocycles. The summed E-state index contributed by atoms with van der Waals surface area (Å²) in [5.74, 6) is 0.952. The lowest BCUT2D eigenvalue weighted by Gasteiger charge is -2.26. The van der Waals surface area contributed by atoms with Gasteiger partial charge in [0.1, 0.15) is 5.75 Å². The van der Waals surface area contributed by atoms with Gasteiger partial charge in [0.15, 0.2) is 0 Å². The number of hydrogen-bond acceptors (Lipinski definition) is 4. The molecule has 0 aromatic heterocycles. The van der Waals surface area contributed by atoms with E-state index in [1.807, 2.05) is 31.2 Å². The van der Waals surface area contributed by atoms with Crippen LogP contribution in [0.3, 0.4) is 0 Å². The smallest absolute Gasteiger partial charge is 0.233 e. The number of piperidine rings is 1. The second-order valence-electron chi connectivity index (χ2n) is 5.98. The van der Waals surface area contributed by atoms with Crippen LogP contribution in [0.5, 0.6) is 5.75 Å². The zero-order chi connectivity index (χ0) is 16.5. The van der Waals surface area contributed by atoms with Crippen molar-refractivity contribution in [3.63, 3.8) is 0 Å². The number of methoxy groups -OCH3 is 1. The molecule has 23 heavy (non-hydrogen) atoms. The summed E-state index contributed by atoms with van der Waals surface area (Å²) in [5, 5.41) is 2.97. The molecule has 0 spiro atoms. The third kappa shape index (κ3) is 6.43. The van der Waals surface area contributed by atoms with E-state index in [0.717, 1.165) is 30.2 Å². The minimum absolute atomic E-state index is 0.0848. The Balaban J connectivity index is 1.63. The predicted molar refractivity (Wildman–Crippen MR) is 96.2 cm³/mol. The number of hydrogen-bond donors (Lipinski definition) is 1. The van der Waals surface area contributed by atoms with Crippen molar-refractivity contribution >= 4 is 17.7 Å². The van der Waals surface area contributed by atoms with E-state index in [1.165, 1.54) is 32.4 Å². The highest BCUT2D eigenvalue weighted by atomic mass is 32.2. The second kappa shape index (κ2) is 9.83. The molecule has 1 fully saturated rings. The highest BCUT2D eigenvalue weighted by Crippen LogP contribution is 2.25. The standard InChI is InChI=1S/C18H28N2O2S/c1-15(23-17-9-7-16(22-2)8-10-17)18(21)19-11-6-14-20-12-4-3-5-13-20/h7-10,15H,3-6,11-14H2,1-2H3,(H,19,21)/t15-/m0/s1. The number of nitrogens with zero attached hydrogens (tertiary/aromatic N) is 1. The zero-order valence-corrected chi connectivity index (χ0v) is 15.0. The third-order valence-electron chi connectivity index (χ3n) is 4.14. The average Bonchev–Trinajstić information content (AvgIpc) is 2.60. The molecule has 1 aliphatic heterocycles. The van der Waals surface area contributed by atoms with Crippen LogP contribution < -0.4 is 10.1 Å². The maximum Gasteiger partial charge on any atom is 0.233 e. The van der Waals surface area contributed by atoms with E-state index >= 15 is 0 Å². The van der Waals surface area contributed by atoms with Gasteiger partial charge in [-0.15, -0.1) is 11.8 Å². The van der Waals surface area contributed by atoms with E-state index in [2.05, 4.69) is 10.2 Å². The minimum Gasteiger partial charge on any atom is -0.497 e. The Bertz CT molecular complexity index is 472. The number of likely N-dealkylation sites (tertiary alicyclic amines) is 1. The summed E-state index contributed by atoms with van der Waals surface area (Å²) in [7, 11) is 1.65. The van der Waals surface area contributed by atoms with Gasteiger partial charge in [0.25, 0.3) is 0 Å². The van der Waals surface area contributed by atoms with E-state index < -0.39 is 0 Å². The van der Waals surface area contributed by atoms with E-state index in [9.17, 15) is 4.79 Å². The lowest BCUT2D eigenvalue weighted by Crippen LogP contribution is -2.35. The van der Waals surface area contributed by atoms with Crippen LogP contribution in [0, 0.1) is 0 Å². The van der Waals surface area contributed by atoms with E-state index in [-0.39, 0.29) is 11.2 Å². The fourth-order valence-corrected chi connectivity index (χ4v) is 3.64. The Morgan fingerprint density at radius 1 is 1.26 bits per heavy atom. The summed E-state index contributed by atoms with van der Waals surface area (Å²) in [6, 6.07) is 7.82. The lowest BCUT2D eigenvalue weighted by atomic mass is 10.1. The van der Waals surface area contributed by atoms with Crippen molar-refractivity contribution in [2.45, 2.75) is 42.8 Å². The zero-order valence-electron chi connectivity index (χ0n) is 14.2. The SMILES string of the molecule is COc1ccc(S[C@@H](C)C(=O)NCCCN2CCCCC2)cc1. The first-order valence-corrected chi connectivity index (χ1v) is 9.38. The van der Waals surface area contributed by atoms with Crippen LogP contribution >= 0.6 is 11.8 Å². The minimum atomic E-state index is -0.0848. The number of nitrogens with one attached hydrogen (secondary N) is 1. The molecule has 0 unspecified atom stereocenters. The molecule has 1 amide bonds. The number of carbonyl (C=O) groups excluding carboxylic acids is 1. The van der Waals surface area contributed by atoms with Crippen molar-refractivity contribution in [3.8, 4) is 5.75 Å². The third-order valence-corrected chi connectivity index (χ3v) is 5.25. The fourth-order valence-electron chi connectivity index (χ4n) is 2.75. The molecule has 0 radical (unpaired) electrons. The van der Waals surface area contributed by atoms with Gasteiger partial charge in [-0.3, -0.25) is 4.79 Å². The summed E-state index contributed by atoms with van der Waals surface area (Å²) in [4.78, 5) is 15.7. The second-order valence-corrected chi connectivity index (χ2v) is 7.40. The van der Waals surface area contributed by atoms with Crippen molar-refractivity contribution in [1.82, 2.24) is 10.2 Å². The topological polar surface area (TPSA) is 41.6 Å². The van der Waals surface area contributed by atoms with Crippen LogP contribution in [0.25, 0.3) is 0 Å². The summed E-state index contributed by atoms with van der Waals surface area (Å²) >= 11 is 1.58. The summed E-state index contributed by atoms with van der Waals surface area (Å²) in [6.07, 6.45) is 5.04. The van der Waals surface area contributed by atoms with Crippen molar-refractivity contribution < 1.29 is 9.53 Å². The van der Waals surface area contributed by atoms with E-state index in [1.54, 1.807) is 18.9 Å². The molecule has 1 aromatic carbocycles. The van der Waals surface area contributed by atoms with Crippen LogP contribution in [0.2, 0.25) is 0 Å². The number of carbonyl (C=O) groups is 1. The maximum atomic E-state index is 12.2. The molecule has 2 rings (SSSR count). The monoisotopic (exact) mass is 336 g/mol. The quantitative estimate of drug-likeness (QED) is 0.585. The van der Waals surface area contributed by atoms with Crippen molar-refractivity contribution in [3.05, 3.63) is 24.3 Å². The molecule has 0 bridgehead atoms. The van der Waals surface area contributed by atoms with Gasteiger partial charge >= 0.3 is 0 Å². The number of benzene rings is 1. The molecule has 1 saturated heterocycles. The van der Waals surface area contributed by atoms with Crippen LogP contribution in [-0.4, -0.2) is 49.3 Å². The Kier molecular flexibility index (Phi) is 7.76. The Morgan fingerprint density at radius 2 is 1.96 bits per heavy atom. The predicted octanol–water partition coefficient (Wildman–Crippen LogP) is 3.17. The molecule has 1 N–H and O–H groups in total. The van der Waals surface area contributed by atoms with Crippen molar-refractivity contribution in [2.24, 2.45) is 0 Å². The van der Waals surface area contributed by atoms with E-state index in [4.69, 9.17) is 4.74 Å². The molecule has 1 aliphatic rings. The molecule has 128 valence electrons. The van der Waals surface area contributed by atoms with Gasteiger partial charge in [-0.25, -0.2) is 0 Å². The molecular formula is C18H28N2O2S. The first-order chi connectivity index (χ1) is 11.2. The average molecular weight is 337 g/mol. The number of amides is 1. The normalized spacial score (nSPS) is 16.8. The Labute approximate surface area is 144 Å². The fraction of sp³-hybridized carbons (Fsp3) is 0.611. The highest BCUT2D eigenvalue weighted by Gasteiger charge is 2.14. The molecule has 4 nitrogen and oxygen atoms in total. The van der Waals surface area contributed by atoms with Gasteiger partial charge in [-0.1, -0.05) is 6.42 Å². The van der Waals surface area contributed by atoms with Gasteiger partial charge in [-0.2, -0.15) is 0 Å². The van der Waals surface area contributed by atoms with Crippen molar-refractivity contribution in [2.75, 3.05) is 33.3 Å². The first-order valence-electron chi connectivity index (χ1n) is 8.50. The number of thioether (sulfide) groups is 1. The van der Waals surface area contributed by atoms with Gasteiger partial charge in [0, 0.05) is 11.4 Å². The van der Waals surface area contributed by atoms with Gasteiger partial charge < -0.3 is 15.0 Å². The van der Waals surface area contributed by atoms with Gasteiger partial charge in [0.05, 0.1) is 12.4 Å². The Morgan fingerprint density at radius 3 is 2.61 bits per heavy atom. The van der Waals surface area contributed by atoms with Crippen LogP contribution in [0.15, 0.2) is 29.2 Å². The first kappa shape index (κ1) is 18.1. The molecule has 1 heterocycles. The lowest BCUT2D eigenvalue weighted by molar-refractivity contribution is -0.120. The summed E-state index contributed by atoms with van der Waals surface area (Å²) in [5.41, 5.74) is 0. The Hall–Kier alpha value is -1.20.